The Morgan fingerprint density at radius 1 is 1.47 bits per heavy atom. The number of nitrogens with one attached hydrogen (secondary N) is 1. The molecule has 1 rings (SSSR count). The Kier molecular flexibility index (Phi) is 4.25. The van der Waals surface area contributed by atoms with Gasteiger partial charge < -0.3 is 15.2 Å². The lowest BCUT2D eigenvalue weighted by atomic mass is 10.0. The lowest BCUT2D eigenvalue weighted by Gasteiger charge is -2.18. The van der Waals surface area contributed by atoms with E-state index in [1.165, 1.54) is 7.11 Å². The van der Waals surface area contributed by atoms with Crippen LogP contribution in [0.3, 0.4) is 0 Å². The van der Waals surface area contributed by atoms with Crippen LogP contribution in [-0.4, -0.2) is 34.2 Å². The molecule has 0 bridgehead atoms. The fourth-order valence-electron chi connectivity index (χ4n) is 1.29. The van der Waals surface area contributed by atoms with Crippen molar-refractivity contribution >= 4 is 11.8 Å². The van der Waals surface area contributed by atoms with Crippen LogP contribution >= 0.6 is 0 Å². The van der Waals surface area contributed by atoms with Gasteiger partial charge in [-0.25, -0.2) is 4.98 Å². The first kappa shape index (κ1) is 13.2. The molecule has 6 heteroatoms. The van der Waals surface area contributed by atoms with E-state index in [0.29, 0.717) is 17.5 Å². The summed E-state index contributed by atoms with van der Waals surface area (Å²) in [5.41, 5.74) is 0. The number of methoxy groups -OCH3 is 1. The van der Waals surface area contributed by atoms with Crippen molar-refractivity contribution in [3.63, 3.8) is 0 Å². The van der Waals surface area contributed by atoms with Gasteiger partial charge in [0.1, 0.15) is 11.6 Å². The summed E-state index contributed by atoms with van der Waals surface area (Å²) in [6, 6.07) is 1.41. The van der Waals surface area contributed by atoms with E-state index >= 15 is 0 Å². The smallest absolute Gasteiger partial charge is 0.308 e. The van der Waals surface area contributed by atoms with Gasteiger partial charge in [-0.15, -0.1) is 0 Å². The number of anilines is 1. The van der Waals surface area contributed by atoms with Gasteiger partial charge in [-0.2, -0.15) is 4.98 Å². The Morgan fingerprint density at radius 2 is 2.12 bits per heavy atom. The molecule has 2 unspecified atom stereocenters. The number of aryl methyl sites for hydroxylation is 1. The molecule has 0 saturated heterocycles. The molecule has 1 heterocycles. The van der Waals surface area contributed by atoms with Crippen molar-refractivity contribution in [2.24, 2.45) is 5.92 Å². The van der Waals surface area contributed by atoms with Crippen molar-refractivity contribution < 1.29 is 14.6 Å². The quantitative estimate of drug-likeness (QED) is 0.806. The van der Waals surface area contributed by atoms with Crippen LogP contribution in [0.1, 0.15) is 19.7 Å². The van der Waals surface area contributed by atoms with Crippen molar-refractivity contribution in [3.8, 4) is 5.88 Å². The molecule has 0 radical (unpaired) electrons. The third kappa shape index (κ3) is 3.58. The number of aromatic nitrogens is 2. The zero-order valence-electron chi connectivity index (χ0n) is 10.4. The van der Waals surface area contributed by atoms with E-state index in [4.69, 9.17) is 9.84 Å². The van der Waals surface area contributed by atoms with Gasteiger partial charge in [0.25, 0.3) is 0 Å². The van der Waals surface area contributed by atoms with Crippen LogP contribution in [0.25, 0.3) is 0 Å². The van der Waals surface area contributed by atoms with Gasteiger partial charge in [0.05, 0.1) is 13.0 Å². The molecular weight excluding hydrogens is 222 g/mol. The van der Waals surface area contributed by atoms with Crippen molar-refractivity contribution in [1.29, 1.82) is 0 Å². The van der Waals surface area contributed by atoms with Crippen molar-refractivity contribution in [2.75, 3.05) is 12.4 Å². The predicted molar refractivity (Wildman–Crippen MR) is 63.2 cm³/mol. The minimum Gasteiger partial charge on any atom is -0.481 e. The lowest BCUT2D eigenvalue weighted by molar-refractivity contribution is -0.141. The largest absolute Gasteiger partial charge is 0.481 e. The number of aliphatic carboxylic acids is 1. The maximum absolute atomic E-state index is 10.8. The zero-order valence-corrected chi connectivity index (χ0v) is 10.4. The van der Waals surface area contributed by atoms with Crippen LogP contribution < -0.4 is 10.1 Å². The number of nitrogens with zero attached hydrogens (tertiary/aromatic N) is 2. The van der Waals surface area contributed by atoms with Gasteiger partial charge in [-0.3, -0.25) is 4.79 Å². The topological polar surface area (TPSA) is 84.3 Å². The minimum absolute atomic E-state index is 0.230. The second kappa shape index (κ2) is 5.47. The lowest BCUT2D eigenvalue weighted by Crippen LogP contribution is -2.30. The molecule has 1 aromatic rings. The van der Waals surface area contributed by atoms with E-state index in [1.807, 2.05) is 0 Å². The standard InChI is InChI=1S/C11H17N3O3/c1-6(11(15)16)7(2)12-9-5-10(17-4)14-8(3)13-9/h5-7H,1-4H3,(H,15,16)(H,12,13,14). The van der Waals surface area contributed by atoms with E-state index in [2.05, 4.69) is 15.3 Å². The van der Waals surface area contributed by atoms with Crippen LogP contribution in [-0.2, 0) is 4.79 Å². The molecule has 0 aliphatic rings. The molecule has 2 atom stereocenters. The highest BCUT2D eigenvalue weighted by Gasteiger charge is 2.19. The summed E-state index contributed by atoms with van der Waals surface area (Å²) in [6.45, 7) is 5.19. The van der Waals surface area contributed by atoms with Gasteiger partial charge in [0.2, 0.25) is 5.88 Å². The highest BCUT2D eigenvalue weighted by molar-refractivity contribution is 5.71. The highest BCUT2D eigenvalue weighted by Crippen LogP contribution is 2.15. The Labute approximate surface area is 100 Å². The third-order valence-corrected chi connectivity index (χ3v) is 2.54. The Hall–Kier alpha value is -1.85. The van der Waals surface area contributed by atoms with Gasteiger partial charge in [0.15, 0.2) is 0 Å². The Bertz CT molecular complexity index is 409. The van der Waals surface area contributed by atoms with Crippen LogP contribution in [0, 0.1) is 12.8 Å². The normalized spacial score (nSPS) is 13.9. The zero-order chi connectivity index (χ0) is 13.0. The summed E-state index contributed by atoms with van der Waals surface area (Å²) in [5.74, 6) is 0.242. The van der Waals surface area contributed by atoms with E-state index in [1.54, 1.807) is 26.8 Å². The van der Waals surface area contributed by atoms with Crippen LogP contribution in [0.2, 0.25) is 0 Å². The molecule has 94 valence electrons. The molecule has 0 saturated carbocycles. The predicted octanol–water partition coefficient (Wildman–Crippen LogP) is 1.31. The van der Waals surface area contributed by atoms with Crippen LogP contribution in [0.15, 0.2) is 6.07 Å². The summed E-state index contributed by atoms with van der Waals surface area (Å²) in [4.78, 5) is 19.0. The highest BCUT2D eigenvalue weighted by atomic mass is 16.5. The van der Waals surface area contributed by atoms with Crippen LogP contribution in [0.5, 0.6) is 5.88 Å². The van der Waals surface area contributed by atoms with E-state index < -0.39 is 11.9 Å². The summed E-state index contributed by atoms with van der Waals surface area (Å²) in [7, 11) is 1.52. The minimum atomic E-state index is -0.845. The maximum atomic E-state index is 10.8. The molecule has 17 heavy (non-hydrogen) atoms. The van der Waals surface area contributed by atoms with Crippen molar-refractivity contribution in [1.82, 2.24) is 9.97 Å². The summed E-state index contributed by atoms with van der Waals surface area (Å²) in [6.07, 6.45) is 0. The van der Waals surface area contributed by atoms with E-state index in [9.17, 15) is 4.79 Å². The van der Waals surface area contributed by atoms with Gasteiger partial charge in [0, 0.05) is 12.1 Å². The molecule has 0 spiro atoms. The number of ether oxygens (including phenoxy) is 1. The Balaban J connectivity index is 2.80. The Morgan fingerprint density at radius 3 is 2.65 bits per heavy atom. The molecule has 0 aliphatic carbocycles. The van der Waals surface area contributed by atoms with E-state index in [0.717, 1.165) is 0 Å². The number of hydrogen-bond donors (Lipinski definition) is 2. The number of carboxylic acid groups (broad SMARTS) is 1. The third-order valence-electron chi connectivity index (χ3n) is 2.54. The molecule has 6 nitrogen and oxygen atoms in total. The summed E-state index contributed by atoms with van der Waals surface area (Å²) in [5, 5.41) is 11.9. The fraction of sp³-hybridized carbons (Fsp3) is 0.545. The summed E-state index contributed by atoms with van der Waals surface area (Å²) < 4.78 is 5.02. The summed E-state index contributed by atoms with van der Waals surface area (Å²) >= 11 is 0. The van der Waals surface area contributed by atoms with Gasteiger partial charge in [-0.05, 0) is 20.8 Å². The van der Waals surface area contributed by atoms with Crippen LogP contribution in [0.4, 0.5) is 5.82 Å². The SMILES string of the molecule is COc1cc(NC(C)C(C)C(=O)O)nc(C)n1. The first-order valence-electron chi connectivity index (χ1n) is 5.33. The number of rotatable bonds is 5. The number of carbonyl (C=O) groups is 1. The number of hydrogen-bond acceptors (Lipinski definition) is 5. The average Bonchev–Trinajstić information content (AvgIpc) is 2.26. The first-order chi connectivity index (χ1) is 7.93. The second-order valence-corrected chi connectivity index (χ2v) is 3.90. The maximum Gasteiger partial charge on any atom is 0.308 e. The average molecular weight is 239 g/mol. The molecule has 0 amide bonds. The molecule has 0 aromatic carbocycles. The molecular formula is C11H17N3O3. The number of carboxylic acids is 1. The fourth-order valence-corrected chi connectivity index (χ4v) is 1.29. The second-order valence-electron chi connectivity index (χ2n) is 3.90. The molecule has 2 N–H and O–H groups in total. The molecule has 0 aliphatic heterocycles. The van der Waals surface area contributed by atoms with Crippen molar-refractivity contribution in [3.05, 3.63) is 11.9 Å². The molecule has 1 aromatic heterocycles. The van der Waals surface area contributed by atoms with Crippen molar-refractivity contribution in [2.45, 2.75) is 26.8 Å². The first-order valence-corrected chi connectivity index (χ1v) is 5.33. The molecule has 0 fully saturated rings. The van der Waals surface area contributed by atoms with Gasteiger partial charge in [-0.1, -0.05) is 0 Å². The van der Waals surface area contributed by atoms with Gasteiger partial charge >= 0.3 is 5.97 Å². The van der Waals surface area contributed by atoms with E-state index in [-0.39, 0.29) is 6.04 Å². The monoisotopic (exact) mass is 239 g/mol.